The van der Waals surface area contributed by atoms with Gasteiger partial charge in [0.25, 0.3) is 0 Å². The van der Waals surface area contributed by atoms with Gasteiger partial charge in [0.15, 0.2) is 0 Å². The minimum absolute atomic E-state index is 1.03. The summed E-state index contributed by atoms with van der Waals surface area (Å²) in [5.41, 5.74) is 9.39. The summed E-state index contributed by atoms with van der Waals surface area (Å²) < 4.78 is 0. The molecule has 28 heavy (non-hydrogen) atoms. The van der Waals surface area contributed by atoms with E-state index in [9.17, 15) is 0 Å². The summed E-state index contributed by atoms with van der Waals surface area (Å²) in [7, 11) is 0. The quantitative estimate of drug-likeness (QED) is 0.382. The lowest BCUT2D eigenvalue weighted by atomic mass is 10.0. The van der Waals surface area contributed by atoms with Crippen LogP contribution in [-0.4, -0.2) is 4.98 Å². The van der Waals surface area contributed by atoms with E-state index in [1.165, 1.54) is 22.3 Å². The van der Waals surface area contributed by atoms with Crippen molar-refractivity contribution in [1.82, 2.24) is 4.98 Å². The van der Waals surface area contributed by atoms with Gasteiger partial charge in [0.05, 0.1) is 0 Å². The second-order valence-corrected chi connectivity index (χ2v) is 7.24. The lowest BCUT2D eigenvalue weighted by molar-refractivity contribution is 1.20. The van der Waals surface area contributed by atoms with Crippen LogP contribution >= 0.6 is 0 Å². The molecule has 0 bridgehead atoms. The van der Waals surface area contributed by atoms with Gasteiger partial charge in [-0.2, -0.15) is 0 Å². The van der Waals surface area contributed by atoms with Crippen LogP contribution < -0.4 is 4.90 Å². The first-order valence-corrected chi connectivity index (χ1v) is 9.57. The number of hydrogen-bond donors (Lipinski definition) is 0. The molecule has 0 aliphatic heterocycles. The molecule has 0 spiro atoms. The molecule has 0 saturated carbocycles. The van der Waals surface area contributed by atoms with Gasteiger partial charge in [-0.1, -0.05) is 47.5 Å². The van der Waals surface area contributed by atoms with E-state index in [4.69, 9.17) is 0 Å². The zero-order valence-electron chi connectivity index (χ0n) is 16.6. The summed E-state index contributed by atoms with van der Waals surface area (Å²) in [4.78, 5) is 6.59. The fraction of sp³-hybridized carbons (Fsp3) is 0.115. The summed E-state index contributed by atoms with van der Waals surface area (Å²) >= 11 is 0. The maximum absolute atomic E-state index is 4.30. The number of rotatable bonds is 4. The molecule has 1 aromatic heterocycles. The van der Waals surface area contributed by atoms with Gasteiger partial charge in [0, 0.05) is 29.0 Å². The SMILES string of the molecule is Cc1ccc(N(c2ccc(C)cc2)c2ccc(-c3ccnc(C)c3)cc2)cc1. The lowest BCUT2D eigenvalue weighted by Gasteiger charge is -2.26. The molecule has 0 radical (unpaired) electrons. The van der Waals surface area contributed by atoms with E-state index in [-0.39, 0.29) is 0 Å². The molecule has 0 atom stereocenters. The molecule has 0 fully saturated rings. The number of hydrogen-bond acceptors (Lipinski definition) is 2. The monoisotopic (exact) mass is 364 g/mol. The first-order chi connectivity index (χ1) is 13.6. The fourth-order valence-corrected chi connectivity index (χ4v) is 3.36. The van der Waals surface area contributed by atoms with E-state index < -0.39 is 0 Å². The van der Waals surface area contributed by atoms with Gasteiger partial charge in [0.1, 0.15) is 0 Å². The van der Waals surface area contributed by atoms with Gasteiger partial charge in [-0.25, -0.2) is 0 Å². The first kappa shape index (κ1) is 18.0. The third-order valence-electron chi connectivity index (χ3n) is 4.94. The van der Waals surface area contributed by atoms with Crippen molar-refractivity contribution in [3.63, 3.8) is 0 Å². The average Bonchev–Trinajstić information content (AvgIpc) is 2.72. The Bertz CT molecular complexity index is 1020. The summed E-state index contributed by atoms with van der Waals surface area (Å²) in [5.74, 6) is 0. The zero-order valence-corrected chi connectivity index (χ0v) is 16.6. The molecule has 0 aliphatic carbocycles. The average molecular weight is 364 g/mol. The summed E-state index contributed by atoms with van der Waals surface area (Å²) in [5, 5.41) is 0. The molecule has 138 valence electrons. The van der Waals surface area contributed by atoms with Crippen LogP contribution in [0.5, 0.6) is 0 Å². The molecular formula is C26H24N2. The number of aromatic nitrogens is 1. The predicted octanol–water partition coefficient (Wildman–Crippen LogP) is 7.14. The first-order valence-electron chi connectivity index (χ1n) is 9.57. The van der Waals surface area contributed by atoms with Crippen molar-refractivity contribution in [3.8, 4) is 11.1 Å². The van der Waals surface area contributed by atoms with Crippen LogP contribution in [-0.2, 0) is 0 Å². The Hall–Kier alpha value is -3.39. The van der Waals surface area contributed by atoms with Crippen molar-refractivity contribution in [2.24, 2.45) is 0 Å². The Balaban J connectivity index is 1.76. The molecule has 2 heteroatoms. The van der Waals surface area contributed by atoms with Crippen LogP contribution in [0.2, 0.25) is 0 Å². The van der Waals surface area contributed by atoms with E-state index in [2.05, 4.69) is 109 Å². The normalized spacial score (nSPS) is 10.7. The van der Waals surface area contributed by atoms with Gasteiger partial charge in [-0.15, -0.1) is 0 Å². The molecule has 0 amide bonds. The van der Waals surface area contributed by atoms with Crippen molar-refractivity contribution in [2.45, 2.75) is 20.8 Å². The predicted molar refractivity (Wildman–Crippen MR) is 119 cm³/mol. The highest BCUT2D eigenvalue weighted by molar-refractivity contribution is 5.78. The van der Waals surface area contributed by atoms with Crippen LogP contribution in [0.3, 0.4) is 0 Å². The minimum atomic E-state index is 1.03. The molecule has 4 rings (SSSR count). The lowest BCUT2D eigenvalue weighted by Crippen LogP contribution is -2.09. The van der Waals surface area contributed by atoms with E-state index in [0.29, 0.717) is 0 Å². The Kier molecular flexibility index (Phi) is 4.94. The van der Waals surface area contributed by atoms with E-state index >= 15 is 0 Å². The molecule has 0 unspecified atom stereocenters. The van der Waals surface area contributed by atoms with Gasteiger partial charge in [0.2, 0.25) is 0 Å². The Morgan fingerprint density at radius 3 is 1.46 bits per heavy atom. The molecule has 0 N–H and O–H groups in total. The molecule has 1 heterocycles. The van der Waals surface area contributed by atoms with Gasteiger partial charge >= 0.3 is 0 Å². The third-order valence-corrected chi connectivity index (χ3v) is 4.94. The summed E-state index contributed by atoms with van der Waals surface area (Å²) in [6.45, 7) is 6.26. The maximum atomic E-state index is 4.30. The van der Waals surface area contributed by atoms with E-state index in [1.807, 2.05) is 13.1 Å². The van der Waals surface area contributed by atoms with Crippen LogP contribution in [0.15, 0.2) is 91.1 Å². The van der Waals surface area contributed by atoms with Crippen molar-refractivity contribution in [3.05, 3.63) is 108 Å². The molecule has 0 saturated heterocycles. The number of pyridine rings is 1. The van der Waals surface area contributed by atoms with Crippen LogP contribution in [0.25, 0.3) is 11.1 Å². The second kappa shape index (κ2) is 7.69. The largest absolute Gasteiger partial charge is 0.311 e. The third kappa shape index (κ3) is 3.81. The Labute approximate surface area is 167 Å². The summed E-state index contributed by atoms with van der Waals surface area (Å²) in [6, 6.07) is 30.2. The number of nitrogens with zero attached hydrogens (tertiary/aromatic N) is 2. The van der Waals surface area contributed by atoms with Crippen molar-refractivity contribution in [2.75, 3.05) is 4.90 Å². The topological polar surface area (TPSA) is 16.1 Å². The smallest absolute Gasteiger partial charge is 0.0462 e. The molecule has 0 aliphatic rings. The Morgan fingerprint density at radius 1 is 0.536 bits per heavy atom. The highest BCUT2D eigenvalue weighted by atomic mass is 15.1. The molecule has 4 aromatic rings. The van der Waals surface area contributed by atoms with E-state index in [1.54, 1.807) is 0 Å². The van der Waals surface area contributed by atoms with Crippen LogP contribution in [0.4, 0.5) is 17.1 Å². The van der Waals surface area contributed by atoms with Crippen LogP contribution in [0.1, 0.15) is 16.8 Å². The molecule has 2 nitrogen and oxygen atoms in total. The van der Waals surface area contributed by atoms with Gasteiger partial charge in [-0.05, 0) is 80.4 Å². The van der Waals surface area contributed by atoms with Crippen molar-refractivity contribution >= 4 is 17.1 Å². The van der Waals surface area contributed by atoms with Crippen molar-refractivity contribution < 1.29 is 0 Å². The standard InChI is InChI=1S/C26H24N2/c1-19-4-10-24(11-5-19)28(25-12-6-20(2)7-13-25)26-14-8-22(9-15-26)23-16-17-27-21(3)18-23/h4-18H,1-3H3. The maximum Gasteiger partial charge on any atom is 0.0462 e. The van der Waals surface area contributed by atoms with E-state index in [0.717, 1.165) is 22.8 Å². The zero-order chi connectivity index (χ0) is 19.5. The number of aryl methyl sites for hydroxylation is 3. The second-order valence-electron chi connectivity index (χ2n) is 7.24. The number of anilines is 3. The fourth-order valence-electron chi connectivity index (χ4n) is 3.36. The van der Waals surface area contributed by atoms with Crippen LogP contribution in [0, 0.1) is 20.8 Å². The molecular weight excluding hydrogens is 340 g/mol. The summed E-state index contributed by atoms with van der Waals surface area (Å²) in [6.07, 6.45) is 1.86. The molecule has 3 aromatic carbocycles. The van der Waals surface area contributed by atoms with Crippen molar-refractivity contribution in [1.29, 1.82) is 0 Å². The highest BCUT2D eigenvalue weighted by Crippen LogP contribution is 2.35. The highest BCUT2D eigenvalue weighted by Gasteiger charge is 2.12. The Morgan fingerprint density at radius 2 is 1.00 bits per heavy atom. The van der Waals surface area contributed by atoms with Gasteiger partial charge < -0.3 is 4.90 Å². The minimum Gasteiger partial charge on any atom is -0.311 e. The van der Waals surface area contributed by atoms with Gasteiger partial charge in [-0.3, -0.25) is 4.98 Å². The number of benzene rings is 3.